The molecule has 0 radical (unpaired) electrons. The van der Waals surface area contributed by atoms with Crippen LogP contribution >= 0.6 is 11.6 Å². The Morgan fingerprint density at radius 3 is 2.35 bits per heavy atom. The normalized spacial score (nSPS) is 11.6. The molecule has 2 aromatic rings. The molecule has 20 heavy (non-hydrogen) atoms. The van der Waals surface area contributed by atoms with Crippen LogP contribution in [0.1, 0.15) is 5.56 Å². The van der Waals surface area contributed by atoms with Crippen LogP contribution in [0.4, 0.5) is 14.5 Å². The van der Waals surface area contributed by atoms with Crippen molar-refractivity contribution in [1.82, 2.24) is 0 Å². The highest BCUT2D eigenvalue weighted by atomic mass is 35.5. The Labute approximate surface area is 119 Å². The van der Waals surface area contributed by atoms with Gasteiger partial charge in [0.2, 0.25) is 0 Å². The molecule has 0 fully saturated rings. The molecule has 0 unspecified atom stereocenters. The van der Waals surface area contributed by atoms with Crippen molar-refractivity contribution >= 4 is 27.1 Å². The van der Waals surface area contributed by atoms with Crippen molar-refractivity contribution in [1.29, 1.82) is 0 Å². The maximum Gasteiger partial charge on any atom is 0.182 e. The standard InChI is InChI=1S/C13H10ClF2NO2S/c14-10-3-1-8(5-11(10)15)7-20(18,19)9-2-4-13(17)12(16)6-9/h1-6H,7,17H2. The third kappa shape index (κ3) is 3.08. The van der Waals surface area contributed by atoms with Gasteiger partial charge in [0.15, 0.2) is 9.84 Å². The first-order chi connectivity index (χ1) is 9.29. The molecule has 0 aromatic heterocycles. The second-order valence-electron chi connectivity index (χ2n) is 4.19. The Kier molecular flexibility index (Phi) is 3.96. The van der Waals surface area contributed by atoms with Crippen molar-refractivity contribution in [2.45, 2.75) is 10.6 Å². The molecule has 0 bridgehead atoms. The van der Waals surface area contributed by atoms with Crippen LogP contribution in [-0.2, 0) is 15.6 Å². The summed E-state index contributed by atoms with van der Waals surface area (Å²) in [6, 6.07) is 6.93. The van der Waals surface area contributed by atoms with Crippen molar-refractivity contribution in [3.63, 3.8) is 0 Å². The van der Waals surface area contributed by atoms with Crippen LogP contribution in [0.25, 0.3) is 0 Å². The predicted octanol–water partition coefficient (Wildman–Crippen LogP) is 3.17. The number of benzene rings is 2. The van der Waals surface area contributed by atoms with Gasteiger partial charge in [-0.2, -0.15) is 0 Å². The summed E-state index contributed by atoms with van der Waals surface area (Å²) in [7, 11) is -3.79. The Balaban J connectivity index is 2.35. The molecule has 0 atom stereocenters. The average Bonchev–Trinajstić information content (AvgIpc) is 2.37. The molecule has 106 valence electrons. The van der Waals surface area contributed by atoms with E-state index in [4.69, 9.17) is 17.3 Å². The maximum atomic E-state index is 13.3. The minimum Gasteiger partial charge on any atom is -0.396 e. The van der Waals surface area contributed by atoms with E-state index in [1.54, 1.807) is 0 Å². The fourth-order valence-electron chi connectivity index (χ4n) is 1.63. The summed E-state index contributed by atoms with van der Waals surface area (Å²) in [5.41, 5.74) is 5.38. The van der Waals surface area contributed by atoms with E-state index in [0.29, 0.717) is 0 Å². The molecule has 2 aromatic carbocycles. The second kappa shape index (κ2) is 5.38. The van der Waals surface area contributed by atoms with Gasteiger partial charge in [0.05, 0.1) is 21.4 Å². The van der Waals surface area contributed by atoms with Gasteiger partial charge in [-0.3, -0.25) is 0 Å². The van der Waals surface area contributed by atoms with Gasteiger partial charge in [0.25, 0.3) is 0 Å². The average molecular weight is 318 g/mol. The first-order valence-corrected chi connectivity index (χ1v) is 7.54. The molecule has 0 saturated carbocycles. The number of sulfone groups is 1. The van der Waals surface area contributed by atoms with E-state index in [0.717, 1.165) is 12.1 Å². The maximum absolute atomic E-state index is 13.3. The first kappa shape index (κ1) is 14.7. The lowest BCUT2D eigenvalue weighted by Gasteiger charge is -2.06. The lowest BCUT2D eigenvalue weighted by Crippen LogP contribution is -2.06. The highest BCUT2D eigenvalue weighted by Gasteiger charge is 2.17. The van der Waals surface area contributed by atoms with Crippen molar-refractivity contribution in [2.75, 3.05) is 5.73 Å². The van der Waals surface area contributed by atoms with E-state index < -0.39 is 27.2 Å². The number of hydrogen-bond acceptors (Lipinski definition) is 3. The molecule has 0 aliphatic heterocycles. The summed E-state index contributed by atoms with van der Waals surface area (Å²) in [4.78, 5) is -0.209. The second-order valence-corrected chi connectivity index (χ2v) is 6.59. The summed E-state index contributed by atoms with van der Waals surface area (Å²) in [5.74, 6) is -1.97. The van der Waals surface area contributed by atoms with Gasteiger partial charge in [0.1, 0.15) is 11.6 Å². The molecule has 0 saturated heterocycles. The van der Waals surface area contributed by atoms with Gasteiger partial charge in [-0.15, -0.1) is 0 Å². The SMILES string of the molecule is Nc1ccc(S(=O)(=O)Cc2ccc(Cl)c(F)c2)cc1F. The molecule has 0 spiro atoms. The summed E-state index contributed by atoms with van der Waals surface area (Å²) in [5, 5.41) is -0.0929. The minimum atomic E-state index is -3.79. The molecule has 2 N–H and O–H groups in total. The summed E-state index contributed by atoms with van der Waals surface area (Å²) < 4.78 is 50.8. The monoisotopic (exact) mass is 317 g/mol. The number of hydrogen-bond donors (Lipinski definition) is 1. The fraction of sp³-hybridized carbons (Fsp3) is 0.0769. The molecular weight excluding hydrogens is 308 g/mol. The van der Waals surface area contributed by atoms with Crippen molar-refractivity contribution < 1.29 is 17.2 Å². The van der Waals surface area contributed by atoms with Gasteiger partial charge < -0.3 is 5.73 Å². The van der Waals surface area contributed by atoms with Gasteiger partial charge in [0, 0.05) is 0 Å². The Hall–Kier alpha value is -1.66. The largest absolute Gasteiger partial charge is 0.396 e. The van der Waals surface area contributed by atoms with E-state index in [2.05, 4.69) is 0 Å². The highest BCUT2D eigenvalue weighted by molar-refractivity contribution is 7.90. The third-order valence-corrected chi connectivity index (χ3v) is 4.66. The van der Waals surface area contributed by atoms with Crippen LogP contribution in [-0.4, -0.2) is 8.42 Å². The zero-order chi connectivity index (χ0) is 14.9. The van der Waals surface area contributed by atoms with E-state index in [1.165, 1.54) is 24.3 Å². The predicted molar refractivity (Wildman–Crippen MR) is 73.1 cm³/mol. The Morgan fingerprint density at radius 1 is 1.05 bits per heavy atom. The molecule has 7 heteroatoms. The van der Waals surface area contributed by atoms with Crippen LogP contribution in [0, 0.1) is 11.6 Å². The molecule has 0 aliphatic carbocycles. The number of nitrogen functional groups attached to an aromatic ring is 1. The number of halogens is 3. The van der Waals surface area contributed by atoms with E-state index in [-0.39, 0.29) is 21.2 Å². The number of nitrogens with two attached hydrogens (primary N) is 1. The zero-order valence-corrected chi connectivity index (χ0v) is 11.7. The summed E-state index contributed by atoms with van der Waals surface area (Å²) >= 11 is 5.52. The number of anilines is 1. The van der Waals surface area contributed by atoms with Crippen LogP contribution in [0.2, 0.25) is 5.02 Å². The molecule has 0 amide bonds. The number of rotatable bonds is 3. The fourth-order valence-corrected chi connectivity index (χ4v) is 3.09. The quantitative estimate of drug-likeness (QED) is 0.884. The topological polar surface area (TPSA) is 60.2 Å². The molecular formula is C13H10ClF2NO2S. The molecule has 0 heterocycles. The Morgan fingerprint density at radius 2 is 1.75 bits per heavy atom. The van der Waals surface area contributed by atoms with Gasteiger partial charge in [-0.05, 0) is 35.9 Å². The van der Waals surface area contributed by atoms with E-state index in [1.807, 2.05) is 0 Å². The zero-order valence-electron chi connectivity index (χ0n) is 10.1. The van der Waals surface area contributed by atoms with Gasteiger partial charge in [-0.25, -0.2) is 17.2 Å². The van der Waals surface area contributed by atoms with E-state index >= 15 is 0 Å². The lowest BCUT2D eigenvalue weighted by molar-refractivity contribution is 0.590. The van der Waals surface area contributed by atoms with Crippen LogP contribution < -0.4 is 5.73 Å². The lowest BCUT2D eigenvalue weighted by atomic mass is 10.2. The Bertz CT molecular complexity index is 763. The molecule has 0 aliphatic rings. The smallest absolute Gasteiger partial charge is 0.182 e. The van der Waals surface area contributed by atoms with Crippen LogP contribution in [0.3, 0.4) is 0 Å². The van der Waals surface area contributed by atoms with Crippen molar-refractivity contribution in [3.05, 3.63) is 58.6 Å². The summed E-state index contributed by atoms with van der Waals surface area (Å²) in [6.07, 6.45) is 0. The van der Waals surface area contributed by atoms with Crippen LogP contribution in [0.15, 0.2) is 41.3 Å². The summed E-state index contributed by atoms with van der Waals surface area (Å²) in [6.45, 7) is 0. The highest BCUT2D eigenvalue weighted by Crippen LogP contribution is 2.22. The van der Waals surface area contributed by atoms with Gasteiger partial charge in [-0.1, -0.05) is 17.7 Å². The van der Waals surface area contributed by atoms with Crippen molar-refractivity contribution in [2.24, 2.45) is 0 Å². The van der Waals surface area contributed by atoms with E-state index in [9.17, 15) is 17.2 Å². The van der Waals surface area contributed by atoms with Crippen LogP contribution in [0.5, 0.6) is 0 Å². The minimum absolute atomic E-state index is 0.0929. The third-order valence-electron chi connectivity index (χ3n) is 2.67. The molecule has 3 nitrogen and oxygen atoms in total. The first-order valence-electron chi connectivity index (χ1n) is 5.51. The van der Waals surface area contributed by atoms with Crippen molar-refractivity contribution in [3.8, 4) is 0 Å². The van der Waals surface area contributed by atoms with Gasteiger partial charge >= 0.3 is 0 Å². The molecule has 2 rings (SSSR count).